The van der Waals surface area contributed by atoms with Crippen molar-refractivity contribution < 1.29 is 4.79 Å². The van der Waals surface area contributed by atoms with Crippen LogP contribution in [0.15, 0.2) is 18.2 Å². The molecule has 2 heteroatoms. The second kappa shape index (κ2) is 2.92. The molecule has 0 aromatic heterocycles. The quantitative estimate of drug-likeness (QED) is 0.693. The second-order valence-electron chi connectivity index (χ2n) is 4.80. The van der Waals surface area contributed by atoms with Crippen LogP contribution in [-0.2, 0) is 5.41 Å². The van der Waals surface area contributed by atoms with Crippen LogP contribution in [0.4, 0.5) is 0 Å². The van der Waals surface area contributed by atoms with Crippen LogP contribution in [0, 0.1) is 6.92 Å². The number of nitrogens with one attached hydrogen (secondary N) is 1. The van der Waals surface area contributed by atoms with E-state index in [0.29, 0.717) is 6.54 Å². The smallest absolute Gasteiger partial charge is 0.176 e. The molecule has 1 spiro atoms. The van der Waals surface area contributed by atoms with Gasteiger partial charge in [-0.1, -0.05) is 18.2 Å². The predicted molar refractivity (Wildman–Crippen MR) is 59.3 cm³/mol. The Morgan fingerprint density at radius 1 is 1.33 bits per heavy atom. The number of ketones is 1. The Labute approximate surface area is 89.7 Å². The Morgan fingerprint density at radius 2 is 2.13 bits per heavy atom. The second-order valence-corrected chi connectivity index (χ2v) is 4.80. The maximum Gasteiger partial charge on any atom is 0.176 e. The van der Waals surface area contributed by atoms with Crippen molar-refractivity contribution in [3.05, 3.63) is 34.9 Å². The number of fused-ring (bicyclic) bond motifs is 2. The summed E-state index contributed by atoms with van der Waals surface area (Å²) >= 11 is 0. The summed E-state index contributed by atoms with van der Waals surface area (Å²) in [6, 6.07) is 6.10. The van der Waals surface area contributed by atoms with E-state index in [2.05, 4.69) is 18.3 Å². The van der Waals surface area contributed by atoms with E-state index in [1.807, 2.05) is 12.1 Å². The first-order valence-electron chi connectivity index (χ1n) is 5.57. The maximum absolute atomic E-state index is 11.9. The van der Waals surface area contributed by atoms with E-state index in [1.54, 1.807) is 0 Å². The Kier molecular flexibility index (Phi) is 1.77. The van der Waals surface area contributed by atoms with Crippen molar-refractivity contribution in [2.75, 3.05) is 13.1 Å². The molecule has 0 atom stereocenters. The summed E-state index contributed by atoms with van der Waals surface area (Å²) in [7, 11) is 0. The number of Topliss-reactive ketones (excluding diaryl/α,β-unsaturated/α-hetero) is 1. The van der Waals surface area contributed by atoms with E-state index in [0.717, 1.165) is 12.1 Å². The molecular weight excluding hydrogens is 186 g/mol. The molecule has 0 amide bonds. The van der Waals surface area contributed by atoms with Gasteiger partial charge in [-0.25, -0.2) is 0 Å². The third-order valence-corrected chi connectivity index (χ3v) is 3.71. The van der Waals surface area contributed by atoms with Crippen molar-refractivity contribution >= 4 is 5.78 Å². The van der Waals surface area contributed by atoms with Crippen LogP contribution < -0.4 is 5.32 Å². The molecule has 1 fully saturated rings. The molecule has 15 heavy (non-hydrogen) atoms. The van der Waals surface area contributed by atoms with E-state index in [4.69, 9.17) is 0 Å². The van der Waals surface area contributed by atoms with Gasteiger partial charge in [0.2, 0.25) is 0 Å². The van der Waals surface area contributed by atoms with E-state index < -0.39 is 0 Å². The molecule has 1 aromatic rings. The summed E-state index contributed by atoms with van der Waals surface area (Å²) < 4.78 is 0. The third kappa shape index (κ3) is 1.25. The van der Waals surface area contributed by atoms with Gasteiger partial charge in [0.1, 0.15) is 0 Å². The number of benzene rings is 1. The van der Waals surface area contributed by atoms with Gasteiger partial charge in [-0.05, 0) is 30.9 Å². The number of hydrogen-bond donors (Lipinski definition) is 1. The first-order chi connectivity index (χ1) is 7.23. The summed E-state index contributed by atoms with van der Waals surface area (Å²) in [5.74, 6) is 0.248. The highest BCUT2D eigenvalue weighted by molar-refractivity contribution is 6.00. The first kappa shape index (κ1) is 9.10. The molecule has 1 N–H and O–H groups in total. The lowest BCUT2D eigenvalue weighted by Gasteiger charge is -2.17. The van der Waals surface area contributed by atoms with Crippen LogP contribution in [0.1, 0.15) is 34.3 Å². The van der Waals surface area contributed by atoms with Gasteiger partial charge in [0, 0.05) is 17.5 Å². The van der Waals surface area contributed by atoms with Gasteiger partial charge in [0.05, 0.1) is 6.54 Å². The summed E-state index contributed by atoms with van der Waals surface area (Å²) in [6.45, 7) is 3.59. The Balaban J connectivity index is 2.24. The van der Waals surface area contributed by atoms with Gasteiger partial charge in [-0.3, -0.25) is 4.79 Å². The van der Waals surface area contributed by atoms with Crippen molar-refractivity contribution in [2.45, 2.75) is 25.2 Å². The minimum Gasteiger partial charge on any atom is -0.309 e. The molecule has 78 valence electrons. The van der Waals surface area contributed by atoms with Gasteiger partial charge in [0.25, 0.3) is 0 Å². The standard InChI is InChI=1S/C13H15NO/c1-9-3-2-4-10-11(15)7-14-8-13(5-6-13)12(9)10/h2-4,14H,5-8H2,1H3. The van der Waals surface area contributed by atoms with E-state index in [9.17, 15) is 4.79 Å². The normalized spacial score (nSPS) is 22.3. The third-order valence-electron chi connectivity index (χ3n) is 3.71. The van der Waals surface area contributed by atoms with Gasteiger partial charge in [-0.2, -0.15) is 0 Å². The predicted octanol–water partition coefficient (Wildman–Crippen LogP) is 1.81. The lowest BCUT2D eigenvalue weighted by Crippen LogP contribution is -2.26. The van der Waals surface area contributed by atoms with Gasteiger partial charge < -0.3 is 5.32 Å². The molecule has 0 bridgehead atoms. The average molecular weight is 201 g/mol. The molecule has 0 saturated heterocycles. The van der Waals surface area contributed by atoms with Crippen LogP contribution in [0.2, 0.25) is 0 Å². The lowest BCUT2D eigenvalue weighted by molar-refractivity contribution is 0.0994. The fraction of sp³-hybridized carbons (Fsp3) is 0.462. The molecule has 1 aliphatic carbocycles. The molecule has 2 aliphatic rings. The molecule has 2 nitrogen and oxygen atoms in total. The Hall–Kier alpha value is -1.15. The van der Waals surface area contributed by atoms with Gasteiger partial charge in [-0.15, -0.1) is 0 Å². The molecule has 3 rings (SSSR count). The first-order valence-corrected chi connectivity index (χ1v) is 5.57. The van der Waals surface area contributed by atoms with Crippen molar-refractivity contribution in [3.63, 3.8) is 0 Å². The van der Waals surface area contributed by atoms with Crippen molar-refractivity contribution in [3.8, 4) is 0 Å². The fourth-order valence-corrected chi connectivity index (χ4v) is 2.78. The van der Waals surface area contributed by atoms with Crippen molar-refractivity contribution in [1.82, 2.24) is 5.32 Å². The van der Waals surface area contributed by atoms with Gasteiger partial charge >= 0.3 is 0 Å². The molecule has 1 saturated carbocycles. The zero-order valence-electron chi connectivity index (χ0n) is 8.97. The number of rotatable bonds is 0. The molecule has 1 aliphatic heterocycles. The Morgan fingerprint density at radius 3 is 2.87 bits per heavy atom. The fourth-order valence-electron chi connectivity index (χ4n) is 2.78. The molecule has 1 aromatic carbocycles. The van der Waals surface area contributed by atoms with Crippen LogP contribution in [0.25, 0.3) is 0 Å². The monoisotopic (exact) mass is 201 g/mol. The summed E-state index contributed by atoms with van der Waals surface area (Å²) in [6.07, 6.45) is 2.45. The highest BCUT2D eigenvalue weighted by Gasteiger charge is 2.47. The summed E-state index contributed by atoms with van der Waals surface area (Å²) in [4.78, 5) is 11.9. The van der Waals surface area contributed by atoms with E-state index in [1.165, 1.54) is 24.0 Å². The average Bonchev–Trinajstić information content (AvgIpc) is 2.99. The number of carbonyl (C=O) groups excluding carboxylic acids is 1. The van der Waals surface area contributed by atoms with E-state index in [-0.39, 0.29) is 11.2 Å². The SMILES string of the molecule is Cc1cccc2c1C1(CC1)CNCC2=O. The molecule has 1 heterocycles. The number of carbonyl (C=O) groups is 1. The summed E-state index contributed by atoms with van der Waals surface area (Å²) in [5, 5.41) is 3.27. The number of hydrogen-bond acceptors (Lipinski definition) is 2. The van der Waals surface area contributed by atoms with Crippen molar-refractivity contribution in [2.24, 2.45) is 0 Å². The zero-order valence-corrected chi connectivity index (χ0v) is 8.97. The zero-order chi connectivity index (χ0) is 10.5. The topological polar surface area (TPSA) is 29.1 Å². The van der Waals surface area contributed by atoms with Crippen LogP contribution in [-0.4, -0.2) is 18.9 Å². The van der Waals surface area contributed by atoms with Crippen molar-refractivity contribution in [1.29, 1.82) is 0 Å². The molecule has 0 radical (unpaired) electrons. The highest BCUT2D eigenvalue weighted by atomic mass is 16.1. The lowest BCUT2D eigenvalue weighted by atomic mass is 9.87. The molecule has 0 unspecified atom stereocenters. The maximum atomic E-state index is 11.9. The largest absolute Gasteiger partial charge is 0.309 e. The summed E-state index contributed by atoms with van der Waals surface area (Å²) in [5.41, 5.74) is 3.84. The Bertz CT molecular complexity index is 432. The van der Waals surface area contributed by atoms with E-state index >= 15 is 0 Å². The van der Waals surface area contributed by atoms with Gasteiger partial charge in [0.15, 0.2) is 5.78 Å². The van der Waals surface area contributed by atoms with Crippen LogP contribution in [0.3, 0.4) is 0 Å². The minimum absolute atomic E-state index is 0.248. The number of aryl methyl sites for hydroxylation is 1. The molecular formula is C13H15NO. The minimum atomic E-state index is 0.248. The van der Waals surface area contributed by atoms with Crippen LogP contribution >= 0.6 is 0 Å². The highest BCUT2D eigenvalue weighted by Crippen LogP contribution is 2.50. The van der Waals surface area contributed by atoms with Crippen LogP contribution in [0.5, 0.6) is 0 Å².